The molecule has 0 aliphatic heterocycles. The molecule has 0 saturated heterocycles. The molecule has 1 aromatic rings. The molecule has 1 aromatic carbocycles. The second-order valence-electron chi connectivity index (χ2n) is 5.71. The minimum Gasteiger partial charge on any atom is -0.491 e. The molecule has 0 spiro atoms. The highest BCUT2D eigenvalue weighted by Gasteiger charge is 2.67. The van der Waals surface area contributed by atoms with E-state index in [1.165, 1.54) is 0 Å². The first kappa shape index (κ1) is 15.5. The van der Waals surface area contributed by atoms with E-state index in [9.17, 15) is 4.79 Å². The van der Waals surface area contributed by atoms with Crippen LogP contribution in [0, 0.1) is 5.41 Å². The predicted octanol–water partition coefficient (Wildman–Crippen LogP) is 3.67. The van der Waals surface area contributed by atoms with E-state index < -0.39 is 9.75 Å². The molecule has 0 aromatic heterocycles. The number of carbonyl (C=O) groups is 1. The maximum absolute atomic E-state index is 12.0. The van der Waals surface area contributed by atoms with Gasteiger partial charge in [0, 0.05) is 6.54 Å². The third-order valence-electron chi connectivity index (χ3n) is 3.51. The van der Waals surface area contributed by atoms with E-state index in [-0.39, 0.29) is 12.0 Å². The first-order valence-electron chi connectivity index (χ1n) is 6.66. The van der Waals surface area contributed by atoms with Crippen LogP contribution in [0.1, 0.15) is 32.8 Å². The van der Waals surface area contributed by atoms with Crippen molar-refractivity contribution in [2.45, 2.75) is 44.2 Å². The highest BCUT2D eigenvalue weighted by atomic mass is 35.5. The molecule has 1 atom stereocenters. The van der Waals surface area contributed by atoms with Crippen molar-refractivity contribution in [1.82, 2.24) is 5.32 Å². The number of ether oxygens (including phenoxy) is 1. The number of amides is 1. The maximum Gasteiger partial charge on any atom is 0.229 e. The van der Waals surface area contributed by atoms with Gasteiger partial charge in [-0.1, -0.05) is 12.1 Å². The van der Waals surface area contributed by atoms with Gasteiger partial charge in [0.25, 0.3) is 0 Å². The lowest BCUT2D eigenvalue weighted by molar-refractivity contribution is -0.125. The van der Waals surface area contributed by atoms with Gasteiger partial charge in [0.1, 0.15) is 10.1 Å². The molecule has 0 radical (unpaired) electrons. The summed E-state index contributed by atoms with van der Waals surface area (Å²) in [7, 11) is 0. The second-order valence-corrected chi connectivity index (χ2v) is 7.19. The quantitative estimate of drug-likeness (QED) is 0.842. The van der Waals surface area contributed by atoms with Crippen LogP contribution in [0.4, 0.5) is 0 Å². The Balaban J connectivity index is 1.87. The standard InChI is InChI=1S/C15H19Cl2NO2/c1-10(2)20-12-6-4-11(5-7-12)8-18-13(19)14(3)9-15(14,16)17/h4-7,10H,8-9H2,1-3H3,(H,18,19). The Labute approximate surface area is 129 Å². The summed E-state index contributed by atoms with van der Waals surface area (Å²) in [5, 5.41) is 2.87. The van der Waals surface area contributed by atoms with E-state index in [4.69, 9.17) is 27.9 Å². The van der Waals surface area contributed by atoms with Gasteiger partial charge < -0.3 is 10.1 Å². The fraction of sp³-hybridized carbons (Fsp3) is 0.533. The van der Waals surface area contributed by atoms with Crippen LogP contribution in [-0.4, -0.2) is 16.3 Å². The number of benzene rings is 1. The lowest BCUT2D eigenvalue weighted by atomic mass is 10.1. The van der Waals surface area contributed by atoms with E-state index in [1.807, 2.05) is 38.1 Å². The zero-order valence-electron chi connectivity index (χ0n) is 11.9. The highest BCUT2D eigenvalue weighted by Crippen LogP contribution is 2.63. The topological polar surface area (TPSA) is 38.3 Å². The molecule has 2 rings (SSSR count). The van der Waals surface area contributed by atoms with Gasteiger partial charge in [0.15, 0.2) is 0 Å². The lowest BCUT2D eigenvalue weighted by Crippen LogP contribution is -2.32. The monoisotopic (exact) mass is 315 g/mol. The van der Waals surface area contributed by atoms with E-state index in [1.54, 1.807) is 6.92 Å². The van der Waals surface area contributed by atoms with Crippen LogP contribution in [-0.2, 0) is 11.3 Å². The zero-order valence-corrected chi connectivity index (χ0v) is 13.4. The van der Waals surface area contributed by atoms with Crippen LogP contribution in [0.3, 0.4) is 0 Å². The molecule has 20 heavy (non-hydrogen) atoms. The molecular weight excluding hydrogens is 297 g/mol. The molecule has 1 aliphatic rings. The number of alkyl halides is 2. The Morgan fingerprint density at radius 2 is 1.90 bits per heavy atom. The molecule has 0 bridgehead atoms. The lowest BCUT2D eigenvalue weighted by Gasteiger charge is -2.13. The Kier molecular flexibility index (Phi) is 4.22. The van der Waals surface area contributed by atoms with E-state index in [0.717, 1.165) is 11.3 Å². The first-order valence-corrected chi connectivity index (χ1v) is 7.42. The van der Waals surface area contributed by atoms with Crippen LogP contribution >= 0.6 is 23.2 Å². The van der Waals surface area contributed by atoms with Gasteiger partial charge in [-0.15, -0.1) is 23.2 Å². The average molecular weight is 316 g/mol. The van der Waals surface area contributed by atoms with Crippen LogP contribution in [0.2, 0.25) is 0 Å². The fourth-order valence-electron chi connectivity index (χ4n) is 1.98. The van der Waals surface area contributed by atoms with Gasteiger partial charge in [0.2, 0.25) is 5.91 Å². The molecule has 1 unspecified atom stereocenters. The Bertz CT molecular complexity index is 499. The van der Waals surface area contributed by atoms with Gasteiger partial charge in [0.05, 0.1) is 11.5 Å². The summed E-state index contributed by atoms with van der Waals surface area (Å²) in [5.41, 5.74) is 0.338. The van der Waals surface area contributed by atoms with E-state index in [0.29, 0.717) is 13.0 Å². The van der Waals surface area contributed by atoms with E-state index >= 15 is 0 Å². The molecule has 1 fully saturated rings. The third kappa shape index (κ3) is 3.21. The van der Waals surface area contributed by atoms with Crippen molar-refractivity contribution >= 4 is 29.1 Å². The maximum atomic E-state index is 12.0. The van der Waals surface area contributed by atoms with Gasteiger partial charge >= 0.3 is 0 Å². The summed E-state index contributed by atoms with van der Waals surface area (Å²) >= 11 is 12.0. The zero-order chi connectivity index (χ0) is 15.0. The van der Waals surface area contributed by atoms with Crippen molar-refractivity contribution in [3.8, 4) is 5.75 Å². The van der Waals surface area contributed by atoms with Crippen molar-refractivity contribution in [2.24, 2.45) is 5.41 Å². The molecular formula is C15H19Cl2NO2. The summed E-state index contributed by atoms with van der Waals surface area (Å²) in [6.45, 7) is 6.20. The Morgan fingerprint density at radius 3 is 2.35 bits per heavy atom. The summed E-state index contributed by atoms with van der Waals surface area (Å²) in [4.78, 5) is 12.0. The first-order chi connectivity index (χ1) is 9.24. The summed E-state index contributed by atoms with van der Waals surface area (Å²) in [6.07, 6.45) is 0.645. The van der Waals surface area contributed by atoms with Crippen LogP contribution in [0.5, 0.6) is 5.75 Å². The van der Waals surface area contributed by atoms with Gasteiger partial charge in [-0.05, 0) is 44.9 Å². The summed E-state index contributed by atoms with van der Waals surface area (Å²) < 4.78 is 4.64. The predicted molar refractivity (Wildman–Crippen MR) is 81.2 cm³/mol. The number of hydrogen-bond donors (Lipinski definition) is 1. The van der Waals surface area contributed by atoms with Crippen molar-refractivity contribution in [1.29, 1.82) is 0 Å². The average Bonchev–Trinajstić information content (AvgIpc) is 2.88. The van der Waals surface area contributed by atoms with Crippen LogP contribution in [0.15, 0.2) is 24.3 Å². The molecule has 1 saturated carbocycles. The van der Waals surface area contributed by atoms with Crippen LogP contribution < -0.4 is 10.1 Å². The fourth-order valence-corrected chi connectivity index (χ4v) is 2.69. The number of hydrogen-bond acceptors (Lipinski definition) is 2. The van der Waals surface area contributed by atoms with Gasteiger partial charge in [-0.3, -0.25) is 4.79 Å². The normalized spacial score (nSPS) is 23.5. The van der Waals surface area contributed by atoms with Crippen LogP contribution in [0.25, 0.3) is 0 Å². The summed E-state index contributed by atoms with van der Waals surface area (Å²) in [6, 6.07) is 7.66. The highest BCUT2D eigenvalue weighted by molar-refractivity contribution is 6.53. The molecule has 1 amide bonds. The Hall–Kier alpha value is -0.930. The van der Waals surface area contributed by atoms with Gasteiger partial charge in [-0.2, -0.15) is 0 Å². The van der Waals surface area contributed by atoms with Crippen molar-refractivity contribution in [3.05, 3.63) is 29.8 Å². The van der Waals surface area contributed by atoms with Gasteiger partial charge in [-0.25, -0.2) is 0 Å². The Morgan fingerprint density at radius 1 is 1.35 bits per heavy atom. The minimum absolute atomic E-state index is 0.106. The summed E-state index contributed by atoms with van der Waals surface area (Å²) in [5.74, 6) is 0.717. The second kappa shape index (κ2) is 5.45. The third-order valence-corrected chi connectivity index (χ3v) is 4.61. The van der Waals surface area contributed by atoms with Crippen molar-refractivity contribution in [3.63, 3.8) is 0 Å². The number of carbonyl (C=O) groups excluding carboxylic acids is 1. The van der Waals surface area contributed by atoms with E-state index in [2.05, 4.69) is 5.32 Å². The molecule has 0 heterocycles. The van der Waals surface area contributed by atoms with Crippen molar-refractivity contribution < 1.29 is 9.53 Å². The molecule has 1 aliphatic carbocycles. The molecule has 5 heteroatoms. The molecule has 110 valence electrons. The number of nitrogens with one attached hydrogen (secondary N) is 1. The van der Waals surface area contributed by atoms with Crippen molar-refractivity contribution in [2.75, 3.05) is 0 Å². The number of rotatable bonds is 5. The molecule has 3 nitrogen and oxygen atoms in total. The smallest absolute Gasteiger partial charge is 0.229 e. The molecule has 1 N–H and O–H groups in total. The minimum atomic E-state index is -0.925. The largest absolute Gasteiger partial charge is 0.491 e. The SMILES string of the molecule is CC(C)Oc1ccc(CNC(=O)C2(C)CC2(Cl)Cl)cc1. The number of halogens is 2.